The molecule has 0 aliphatic rings. The number of amides is 1. The summed E-state index contributed by atoms with van der Waals surface area (Å²) in [4.78, 5) is 22.4. The van der Waals surface area contributed by atoms with Crippen LogP contribution in [-0.4, -0.2) is 19.0 Å². The van der Waals surface area contributed by atoms with Crippen LogP contribution >= 0.6 is 0 Å². The molecule has 0 unspecified atom stereocenters. The summed E-state index contributed by atoms with van der Waals surface area (Å²) in [6.45, 7) is 0. The average molecular weight is 261 g/mol. The second kappa shape index (κ2) is 8.91. The van der Waals surface area contributed by atoms with Gasteiger partial charge < -0.3 is 10.1 Å². The van der Waals surface area contributed by atoms with Gasteiger partial charge in [0.15, 0.2) is 0 Å². The molecule has 1 rings (SSSR count). The van der Waals surface area contributed by atoms with Crippen LogP contribution < -0.4 is 5.32 Å². The number of methoxy groups -OCH3 is 1. The molecule has 102 valence electrons. The summed E-state index contributed by atoms with van der Waals surface area (Å²) in [6, 6.07) is 9.30. The van der Waals surface area contributed by atoms with Gasteiger partial charge in [-0.25, -0.2) is 0 Å². The van der Waals surface area contributed by atoms with E-state index in [1.54, 1.807) is 0 Å². The molecule has 1 aromatic carbocycles. The molecular formula is C15H19NO3. The molecule has 0 aliphatic heterocycles. The lowest BCUT2D eigenvalue weighted by atomic mass is 10.2. The minimum Gasteiger partial charge on any atom is -0.469 e. The highest BCUT2D eigenvalue weighted by Gasteiger charge is 1.98. The summed E-state index contributed by atoms with van der Waals surface area (Å²) < 4.78 is 4.54. The summed E-state index contributed by atoms with van der Waals surface area (Å²) in [7, 11) is 1.39. The van der Waals surface area contributed by atoms with Crippen molar-refractivity contribution in [3.8, 4) is 0 Å². The van der Waals surface area contributed by atoms with Gasteiger partial charge in [-0.05, 0) is 37.5 Å². The first-order valence-electron chi connectivity index (χ1n) is 6.32. The highest BCUT2D eigenvalue weighted by atomic mass is 16.5. The topological polar surface area (TPSA) is 55.4 Å². The van der Waals surface area contributed by atoms with Crippen molar-refractivity contribution in [3.63, 3.8) is 0 Å². The fourth-order valence-corrected chi connectivity index (χ4v) is 1.53. The van der Waals surface area contributed by atoms with Crippen molar-refractivity contribution in [2.45, 2.75) is 25.7 Å². The number of benzene rings is 1. The molecular weight excluding hydrogens is 242 g/mol. The number of hydrogen-bond donors (Lipinski definition) is 1. The van der Waals surface area contributed by atoms with Crippen LogP contribution in [0.1, 0.15) is 25.7 Å². The molecule has 0 heterocycles. The third-order valence-corrected chi connectivity index (χ3v) is 2.54. The quantitative estimate of drug-likeness (QED) is 0.466. The van der Waals surface area contributed by atoms with Crippen molar-refractivity contribution in [1.82, 2.24) is 0 Å². The molecule has 19 heavy (non-hydrogen) atoms. The van der Waals surface area contributed by atoms with Crippen LogP contribution in [0.25, 0.3) is 0 Å². The molecule has 0 aliphatic carbocycles. The standard InChI is InChI=1S/C15H19NO3/c1-19-15(18)12-8-3-2-7-11-14(17)16-13-9-5-4-6-10-13/h4-7,9-11H,2-3,8,12H2,1H3,(H,16,17)/b11-7+. The maximum Gasteiger partial charge on any atom is 0.305 e. The number of unbranched alkanes of at least 4 members (excludes halogenated alkanes) is 2. The van der Waals surface area contributed by atoms with Crippen LogP contribution in [0.4, 0.5) is 5.69 Å². The Morgan fingerprint density at radius 1 is 1.21 bits per heavy atom. The number of ether oxygens (including phenoxy) is 1. The van der Waals surface area contributed by atoms with Gasteiger partial charge >= 0.3 is 5.97 Å². The number of para-hydroxylation sites is 1. The minimum atomic E-state index is -0.189. The third-order valence-electron chi connectivity index (χ3n) is 2.54. The van der Waals surface area contributed by atoms with Crippen molar-refractivity contribution in [1.29, 1.82) is 0 Å². The van der Waals surface area contributed by atoms with Gasteiger partial charge in [0.2, 0.25) is 5.91 Å². The lowest BCUT2D eigenvalue weighted by Crippen LogP contribution is -2.07. The fraction of sp³-hybridized carbons (Fsp3) is 0.333. The summed E-state index contributed by atoms with van der Waals surface area (Å²) in [5, 5.41) is 2.76. The summed E-state index contributed by atoms with van der Waals surface area (Å²) in [6.07, 6.45) is 6.18. The number of carbonyl (C=O) groups excluding carboxylic acids is 2. The van der Waals surface area contributed by atoms with Gasteiger partial charge in [0, 0.05) is 12.1 Å². The molecule has 0 atom stereocenters. The van der Waals surface area contributed by atoms with Crippen LogP contribution in [0.3, 0.4) is 0 Å². The maximum absolute atomic E-state index is 11.5. The van der Waals surface area contributed by atoms with E-state index in [0.717, 1.165) is 24.9 Å². The van der Waals surface area contributed by atoms with E-state index < -0.39 is 0 Å². The SMILES string of the molecule is COC(=O)CCCC/C=C/C(=O)Nc1ccccc1. The number of hydrogen-bond acceptors (Lipinski definition) is 3. The molecule has 4 heteroatoms. The van der Waals surface area contributed by atoms with Crippen LogP contribution in [-0.2, 0) is 14.3 Å². The predicted octanol–water partition coefficient (Wildman–Crippen LogP) is 2.91. The Hall–Kier alpha value is -2.10. The number of rotatable bonds is 7. The highest BCUT2D eigenvalue weighted by molar-refractivity contribution is 5.99. The average Bonchev–Trinajstić information content (AvgIpc) is 2.43. The Morgan fingerprint density at radius 3 is 2.63 bits per heavy atom. The van der Waals surface area contributed by atoms with Crippen LogP contribution in [0, 0.1) is 0 Å². The van der Waals surface area contributed by atoms with Gasteiger partial charge in [0.1, 0.15) is 0 Å². The van der Waals surface area contributed by atoms with Gasteiger partial charge in [-0.3, -0.25) is 9.59 Å². The molecule has 0 aromatic heterocycles. The van der Waals surface area contributed by atoms with Gasteiger partial charge in [0.05, 0.1) is 7.11 Å². The molecule has 0 bridgehead atoms. The predicted molar refractivity (Wildman–Crippen MR) is 74.7 cm³/mol. The maximum atomic E-state index is 11.5. The van der Waals surface area contributed by atoms with Crippen molar-refractivity contribution < 1.29 is 14.3 Å². The smallest absolute Gasteiger partial charge is 0.305 e. The number of nitrogens with one attached hydrogen (secondary N) is 1. The summed E-state index contributed by atoms with van der Waals surface area (Å²) in [5.74, 6) is -0.329. The lowest BCUT2D eigenvalue weighted by Gasteiger charge is -2.00. The molecule has 4 nitrogen and oxygen atoms in total. The molecule has 0 fully saturated rings. The Balaban J connectivity index is 2.15. The van der Waals surface area contributed by atoms with Crippen LogP contribution in [0.2, 0.25) is 0 Å². The number of carbonyl (C=O) groups is 2. The van der Waals surface area contributed by atoms with Crippen LogP contribution in [0.15, 0.2) is 42.5 Å². The molecule has 1 N–H and O–H groups in total. The second-order valence-electron chi connectivity index (χ2n) is 4.08. The molecule has 1 amide bonds. The van der Waals surface area contributed by atoms with E-state index in [1.165, 1.54) is 13.2 Å². The molecule has 1 aromatic rings. The lowest BCUT2D eigenvalue weighted by molar-refractivity contribution is -0.140. The second-order valence-corrected chi connectivity index (χ2v) is 4.08. The molecule has 0 radical (unpaired) electrons. The Bertz CT molecular complexity index is 426. The van der Waals surface area contributed by atoms with Gasteiger partial charge in [-0.15, -0.1) is 0 Å². The number of anilines is 1. The van der Waals surface area contributed by atoms with E-state index >= 15 is 0 Å². The number of esters is 1. The van der Waals surface area contributed by atoms with E-state index in [2.05, 4.69) is 10.1 Å². The van der Waals surface area contributed by atoms with Gasteiger partial charge in [0.25, 0.3) is 0 Å². The molecule has 0 saturated carbocycles. The Kier molecular flexibility index (Phi) is 7.02. The largest absolute Gasteiger partial charge is 0.469 e. The first kappa shape index (κ1) is 15.0. The van der Waals surface area contributed by atoms with Gasteiger partial charge in [-0.2, -0.15) is 0 Å². The van der Waals surface area contributed by atoms with Crippen molar-refractivity contribution in [2.75, 3.05) is 12.4 Å². The zero-order valence-electron chi connectivity index (χ0n) is 11.1. The van der Waals surface area contributed by atoms with E-state index in [1.807, 2.05) is 36.4 Å². The monoisotopic (exact) mass is 261 g/mol. The zero-order chi connectivity index (χ0) is 13.9. The van der Waals surface area contributed by atoms with Crippen molar-refractivity contribution in [2.24, 2.45) is 0 Å². The van der Waals surface area contributed by atoms with Gasteiger partial charge in [-0.1, -0.05) is 24.3 Å². The van der Waals surface area contributed by atoms with E-state index in [-0.39, 0.29) is 11.9 Å². The van der Waals surface area contributed by atoms with E-state index in [4.69, 9.17) is 0 Å². The zero-order valence-corrected chi connectivity index (χ0v) is 11.1. The first-order valence-corrected chi connectivity index (χ1v) is 6.32. The van der Waals surface area contributed by atoms with E-state index in [0.29, 0.717) is 6.42 Å². The summed E-state index contributed by atoms with van der Waals surface area (Å²) >= 11 is 0. The van der Waals surface area contributed by atoms with E-state index in [9.17, 15) is 9.59 Å². The Morgan fingerprint density at radius 2 is 1.95 bits per heavy atom. The molecule has 0 spiro atoms. The number of allylic oxidation sites excluding steroid dienone is 1. The molecule has 0 saturated heterocycles. The Labute approximate surface area is 113 Å². The first-order chi connectivity index (χ1) is 9.22. The minimum absolute atomic E-state index is 0.140. The van der Waals surface area contributed by atoms with Crippen molar-refractivity contribution in [3.05, 3.63) is 42.5 Å². The normalized spacial score (nSPS) is 10.4. The third kappa shape index (κ3) is 7.03. The summed E-state index contributed by atoms with van der Waals surface area (Å²) in [5.41, 5.74) is 0.780. The highest BCUT2D eigenvalue weighted by Crippen LogP contribution is 2.05. The fourth-order valence-electron chi connectivity index (χ4n) is 1.53. The van der Waals surface area contributed by atoms with Crippen LogP contribution in [0.5, 0.6) is 0 Å². The van der Waals surface area contributed by atoms with Crippen molar-refractivity contribution >= 4 is 17.6 Å².